The Hall–Kier alpha value is -1.73. The Kier molecular flexibility index (Phi) is 4.62. The summed E-state index contributed by atoms with van der Waals surface area (Å²) >= 11 is 1.49. The van der Waals surface area contributed by atoms with E-state index in [1.807, 2.05) is 22.4 Å². The van der Waals surface area contributed by atoms with E-state index < -0.39 is 0 Å². The highest BCUT2D eigenvalue weighted by molar-refractivity contribution is 7.12. The van der Waals surface area contributed by atoms with E-state index in [1.165, 1.54) is 11.3 Å². The molecular formula is C17H21N3O3S. The summed E-state index contributed by atoms with van der Waals surface area (Å²) in [7, 11) is 0. The second-order valence-electron chi connectivity index (χ2n) is 6.45. The number of carbonyl (C=O) groups excluding carboxylic acids is 1. The van der Waals surface area contributed by atoms with Crippen molar-refractivity contribution in [1.29, 1.82) is 0 Å². The average Bonchev–Trinajstić information content (AvgIpc) is 3.34. The quantitative estimate of drug-likeness (QED) is 0.853. The minimum absolute atomic E-state index is 0.110. The molecule has 0 N–H and O–H groups in total. The van der Waals surface area contributed by atoms with Crippen molar-refractivity contribution in [2.75, 3.05) is 26.3 Å². The number of amides is 1. The second-order valence-corrected chi connectivity index (χ2v) is 7.39. The number of likely N-dealkylation sites (tertiary alicyclic amines) is 1. The summed E-state index contributed by atoms with van der Waals surface area (Å²) in [5.41, 5.74) is 0. The maximum atomic E-state index is 12.5. The van der Waals surface area contributed by atoms with Gasteiger partial charge in [0, 0.05) is 32.2 Å². The largest absolute Gasteiger partial charge is 0.381 e. The van der Waals surface area contributed by atoms with Gasteiger partial charge in [-0.15, -0.1) is 11.3 Å². The number of aromatic nitrogens is 2. The summed E-state index contributed by atoms with van der Waals surface area (Å²) < 4.78 is 10.9. The number of hydrogen-bond donors (Lipinski definition) is 0. The van der Waals surface area contributed by atoms with E-state index in [4.69, 9.17) is 9.26 Å². The van der Waals surface area contributed by atoms with E-state index in [-0.39, 0.29) is 11.8 Å². The van der Waals surface area contributed by atoms with Crippen molar-refractivity contribution >= 4 is 17.2 Å². The van der Waals surface area contributed by atoms with E-state index in [2.05, 4.69) is 10.1 Å². The van der Waals surface area contributed by atoms with Crippen LogP contribution < -0.4 is 0 Å². The van der Waals surface area contributed by atoms with Crippen LogP contribution in [0.2, 0.25) is 0 Å². The van der Waals surface area contributed by atoms with Gasteiger partial charge in [-0.05, 0) is 37.1 Å². The number of piperidine rings is 1. The van der Waals surface area contributed by atoms with E-state index >= 15 is 0 Å². The second kappa shape index (κ2) is 7.03. The molecule has 0 bridgehead atoms. The fraction of sp³-hybridized carbons (Fsp3) is 0.588. The summed E-state index contributed by atoms with van der Waals surface area (Å²) in [4.78, 5) is 19.9. The van der Waals surface area contributed by atoms with Crippen molar-refractivity contribution in [2.24, 2.45) is 0 Å². The molecule has 2 aliphatic heterocycles. The number of nitrogens with zero attached hydrogens (tertiary/aromatic N) is 3. The molecule has 0 spiro atoms. The van der Waals surface area contributed by atoms with Gasteiger partial charge in [-0.3, -0.25) is 4.79 Å². The van der Waals surface area contributed by atoms with Gasteiger partial charge in [0.2, 0.25) is 5.89 Å². The highest BCUT2D eigenvalue weighted by Gasteiger charge is 2.30. The Morgan fingerprint density at radius 3 is 2.92 bits per heavy atom. The third-order valence-electron chi connectivity index (χ3n) is 4.83. The minimum atomic E-state index is 0.110. The van der Waals surface area contributed by atoms with Crippen LogP contribution in [0.4, 0.5) is 0 Å². The molecule has 24 heavy (non-hydrogen) atoms. The average molecular weight is 347 g/mol. The van der Waals surface area contributed by atoms with Gasteiger partial charge >= 0.3 is 0 Å². The van der Waals surface area contributed by atoms with Gasteiger partial charge in [-0.1, -0.05) is 11.2 Å². The van der Waals surface area contributed by atoms with Gasteiger partial charge < -0.3 is 14.2 Å². The molecule has 0 radical (unpaired) electrons. The number of hydrogen-bond acceptors (Lipinski definition) is 6. The minimum Gasteiger partial charge on any atom is -0.381 e. The van der Waals surface area contributed by atoms with Crippen molar-refractivity contribution in [2.45, 2.75) is 37.5 Å². The van der Waals surface area contributed by atoms with Gasteiger partial charge in [0.25, 0.3) is 5.91 Å². The Bertz CT molecular complexity index is 679. The molecule has 4 heterocycles. The third kappa shape index (κ3) is 3.23. The summed E-state index contributed by atoms with van der Waals surface area (Å²) in [5.74, 6) is 2.07. The van der Waals surface area contributed by atoms with Gasteiger partial charge in [-0.2, -0.15) is 4.98 Å². The van der Waals surface area contributed by atoms with Crippen molar-refractivity contribution < 1.29 is 14.1 Å². The predicted octanol–water partition coefficient (Wildman–Crippen LogP) is 3.04. The zero-order chi connectivity index (χ0) is 16.4. The van der Waals surface area contributed by atoms with Crippen LogP contribution in [0.1, 0.15) is 58.9 Å². The van der Waals surface area contributed by atoms with Crippen LogP contribution >= 0.6 is 11.3 Å². The SMILES string of the molecule is O=C(c1cccs1)N1CCCC(c2nc(C3CCOCC3)no2)C1. The fourth-order valence-corrected chi connectivity index (χ4v) is 4.14. The van der Waals surface area contributed by atoms with Gasteiger partial charge in [0.15, 0.2) is 5.82 Å². The lowest BCUT2D eigenvalue weighted by Gasteiger charge is -2.30. The molecule has 6 nitrogen and oxygen atoms in total. The van der Waals surface area contributed by atoms with Crippen molar-refractivity contribution in [3.8, 4) is 0 Å². The smallest absolute Gasteiger partial charge is 0.263 e. The molecule has 2 aromatic rings. The third-order valence-corrected chi connectivity index (χ3v) is 5.69. The first-order valence-corrected chi connectivity index (χ1v) is 9.43. The van der Waals surface area contributed by atoms with Crippen LogP contribution in [0.5, 0.6) is 0 Å². The van der Waals surface area contributed by atoms with Gasteiger partial charge in [0.1, 0.15) is 0 Å². The monoisotopic (exact) mass is 347 g/mol. The zero-order valence-corrected chi connectivity index (χ0v) is 14.3. The summed E-state index contributed by atoms with van der Waals surface area (Å²) in [6.07, 6.45) is 3.86. The molecule has 4 rings (SSSR count). The topological polar surface area (TPSA) is 68.5 Å². The molecule has 128 valence electrons. The predicted molar refractivity (Wildman–Crippen MR) is 89.3 cm³/mol. The number of rotatable bonds is 3. The molecule has 1 amide bonds. The molecule has 2 aliphatic rings. The fourth-order valence-electron chi connectivity index (χ4n) is 3.45. The van der Waals surface area contributed by atoms with E-state index in [9.17, 15) is 4.79 Å². The molecule has 0 aliphatic carbocycles. The molecule has 2 aromatic heterocycles. The number of thiophene rings is 1. The Morgan fingerprint density at radius 2 is 2.12 bits per heavy atom. The van der Waals surface area contributed by atoms with Crippen LogP contribution in [0.3, 0.4) is 0 Å². The van der Waals surface area contributed by atoms with Gasteiger partial charge in [-0.25, -0.2) is 0 Å². The molecule has 7 heteroatoms. The molecule has 0 saturated carbocycles. The molecule has 1 unspecified atom stereocenters. The number of ether oxygens (including phenoxy) is 1. The molecule has 2 fully saturated rings. The Labute approximate surface area is 144 Å². The molecule has 0 aromatic carbocycles. The summed E-state index contributed by atoms with van der Waals surface area (Å²) in [6, 6.07) is 3.80. The van der Waals surface area contributed by atoms with Crippen molar-refractivity contribution in [3.05, 3.63) is 34.1 Å². The van der Waals surface area contributed by atoms with Crippen LogP contribution in [0.25, 0.3) is 0 Å². The molecule has 2 saturated heterocycles. The normalized spacial score (nSPS) is 22.7. The summed E-state index contributed by atoms with van der Waals surface area (Å²) in [6.45, 7) is 2.99. The van der Waals surface area contributed by atoms with E-state index in [0.717, 1.165) is 56.1 Å². The maximum absolute atomic E-state index is 12.5. The van der Waals surface area contributed by atoms with E-state index in [0.29, 0.717) is 18.4 Å². The lowest BCUT2D eigenvalue weighted by atomic mass is 9.97. The lowest BCUT2D eigenvalue weighted by Crippen LogP contribution is -2.38. The van der Waals surface area contributed by atoms with Crippen LogP contribution in [0, 0.1) is 0 Å². The summed E-state index contributed by atoms with van der Waals surface area (Å²) in [5, 5.41) is 6.13. The first-order valence-electron chi connectivity index (χ1n) is 8.55. The highest BCUT2D eigenvalue weighted by atomic mass is 32.1. The number of carbonyl (C=O) groups is 1. The van der Waals surface area contributed by atoms with Crippen LogP contribution in [-0.2, 0) is 4.74 Å². The highest BCUT2D eigenvalue weighted by Crippen LogP contribution is 2.30. The van der Waals surface area contributed by atoms with E-state index in [1.54, 1.807) is 0 Å². The standard InChI is InChI=1S/C17H21N3O3S/c21-17(14-4-2-10-24-14)20-7-1-3-13(11-20)16-18-15(19-23-16)12-5-8-22-9-6-12/h2,4,10,12-13H,1,3,5-9,11H2. The van der Waals surface area contributed by atoms with Gasteiger partial charge in [0.05, 0.1) is 10.8 Å². The first-order chi connectivity index (χ1) is 11.8. The van der Waals surface area contributed by atoms with Crippen LogP contribution in [0.15, 0.2) is 22.0 Å². The Balaban J connectivity index is 1.44. The lowest BCUT2D eigenvalue weighted by molar-refractivity contribution is 0.0700. The first kappa shape index (κ1) is 15.8. The van der Waals surface area contributed by atoms with Crippen molar-refractivity contribution in [1.82, 2.24) is 15.0 Å². The molecular weight excluding hydrogens is 326 g/mol. The maximum Gasteiger partial charge on any atom is 0.263 e. The van der Waals surface area contributed by atoms with Crippen LogP contribution in [-0.4, -0.2) is 47.3 Å². The Morgan fingerprint density at radius 1 is 1.25 bits per heavy atom. The van der Waals surface area contributed by atoms with Crippen molar-refractivity contribution in [3.63, 3.8) is 0 Å². The zero-order valence-electron chi connectivity index (χ0n) is 13.5. The molecule has 1 atom stereocenters.